The molecule has 0 aliphatic carbocycles. The third-order valence-electron chi connectivity index (χ3n) is 3.00. The van der Waals surface area contributed by atoms with Crippen molar-refractivity contribution >= 4 is 5.97 Å². The number of rotatable bonds is 6. The van der Waals surface area contributed by atoms with Gasteiger partial charge in [0.15, 0.2) is 5.82 Å². The van der Waals surface area contributed by atoms with Gasteiger partial charge in [0, 0.05) is 18.0 Å². The van der Waals surface area contributed by atoms with Crippen LogP contribution in [0.2, 0.25) is 0 Å². The third-order valence-corrected chi connectivity index (χ3v) is 3.00. The third kappa shape index (κ3) is 3.17. The van der Waals surface area contributed by atoms with E-state index >= 15 is 0 Å². The molecule has 2 aromatic heterocycles. The molecule has 0 aromatic carbocycles. The summed E-state index contributed by atoms with van der Waals surface area (Å²) in [6.07, 6.45) is 5.01. The zero-order chi connectivity index (χ0) is 14.5. The van der Waals surface area contributed by atoms with E-state index in [2.05, 4.69) is 20.5 Å². The van der Waals surface area contributed by atoms with Crippen LogP contribution >= 0.6 is 0 Å². The van der Waals surface area contributed by atoms with Gasteiger partial charge in [-0.15, -0.1) is 5.10 Å². The van der Waals surface area contributed by atoms with Crippen molar-refractivity contribution in [2.75, 3.05) is 0 Å². The topological polar surface area (TPSA) is 93.8 Å². The molecule has 0 spiro atoms. The zero-order valence-electron chi connectivity index (χ0n) is 11.5. The van der Waals surface area contributed by atoms with Gasteiger partial charge in [-0.3, -0.25) is 9.78 Å². The first-order valence-corrected chi connectivity index (χ1v) is 6.53. The van der Waals surface area contributed by atoms with Crippen LogP contribution in [0, 0.1) is 6.92 Å². The molecule has 0 saturated carbocycles. The average molecular weight is 275 g/mol. The van der Waals surface area contributed by atoms with Crippen molar-refractivity contribution in [3.63, 3.8) is 0 Å². The van der Waals surface area contributed by atoms with Crippen molar-refractivity contribution in [1.29, 1.82) is 0 Å². The fraction of sp³-hybridized carbons (Fsp3) is 0.462. The molecule has 7 heteroatoms. The van der Waals surface area contributed by atoms with Crippen LogP contribution in [0.1, 0.15) is 37.8 Å². The first-order valence-electron chi connectivity index (χ1n) is 6.53. The van der Waals surface area contributed by atoms with E-state index in [4.69, 9.17) is 5.11 Å². The van der Waals surface area contributed by atoms with E-state index in [9.17, 15) is 4.79 Å². The Kier molecular flexibility index (Phi) is 4.39. The number of aryl methyl sites for hydroxylation is 1. The molecule has 2 rings (SSSR count). The molecule has 7 nitrogen and oxygen atoms in total. The second kappa shape index (κ2) is 6.23. The van der Waals surface area contributed by atoms with Crippen LogP contribution in [-0.2, 0) is 4.79 Å². The summed E-state index contributed by atoms with van der Waals surface area (Å²) in [7, 11) is 0. The number of carboxylic acid groups (broad SMARTS) is 1. The van der Waals surface area contributed by atoms with E-state index in [-0.39, 0.29) is 12.5 Å². The van der Waals surface area contributed by atoms with Crippen LogP contribution < -0.4 is 0 Å². The molecule has 0 saturated heterocycles. The van der Waals surface area contributed by atoms with E-state index in [1.54, 1.807) is 17.1 Å². The second-order valence-electron chi connectivity index (χ2n) is 4.74. The van der Waals surface area contributed by atoms with E-state index < -0.39 is 5.97 Å². The number of carbonyl (C=O) groups is 1. The number of hydrogen-bond acceptors (Lipinski definition) is 5. The lowest BCUT2D eigenvalue weighted by Gasteiger charge is -2.15. The molecule has 0 bridgehead atoms. The van der Waals surface area contributed by atoms with Crippen molar-refractivity contribution in [2.24, 2.45) is 0 Å². The summed E-state index contributed by atoms with van der Waals surface area (Å²) >= 11 is 0. The van der Waals surface area contributed by atoms with Crippen LogP contribution in [0.3, 0.4) is 0 Å². The monoisotopic (exact) mass is 275 g/mol. The molecule has 0 radical (unpaired) electrons. The van der Waals surface area contributed by atoms with Crippen LogP contribution in [0.15, 0.2) is 18.5 Å². The van der Waals surface area contributed by atoms with Crippen LogP contribution in [0.4, 0.5) is 0 Å². The molecule has 0 aliphatic rings. The molecule has 0 aliphatic heterocycles. The fourth-order valence-corrected chi connectivity index (χ4v) is 2.15. The second-order valence-corrected chi connectivity index (χ2v) is 4.74. The lowest BCUT2D eigenvalue weighted by molar-refractivity contribution is -0.138. The predicted octanol–water partition coefficient (Wildman–Crippen LogP) is 1.86. The zero-order valence-corrected chi connectivity index (χ0v) is 11.5. The summed E-state index contributed by atoms with van der Waals surface area (Å²) in [4.78, 5) is 15.1. The molecular formula is C13H17N5O2. The molecule has 0 amide bonds. The minimum atomic E-state index is -0.854. The first-order chi connectivity index (χ1) is 9.61. The van der Waals surface area contributed by atoms with E-state index in [0.717, 1.165) is 17.5 Å². The van der Waals surface area contributed by atoms with Crippen LogP contribution in [-0.4, -0.2) is 36.3 Å². The maximum atomic E-state index is 11.0. The van der Waals surface area contributed by atoms with Gasteiger partial charge in [0.25, 0.3) is 0 Å². The quantitative estimate of drug-likeness (QED) is 0.864. The van der Waals surface area contributed by atoms with E-state index in [0.29, 0.717) is 12.2 Å². The lowest BCUT2D eigenvalue weighted by Crippen LogP contribution is -2.16. The molecule has 2 heterocycles. The Morgan fingerprint density at radius 1 is 1.45 bits per heavy atom. The summed E-state index contributed by atoms with van der Waals surface area (Å²) in [5.41, 5.74) is 1.80. The minimum absolute atomic E-state index is 0.00508. The maximum absolute atomic E-state index is 11.0. The Morgan fingerprint density at radius 2 is 2.25 bits per heavy atom. The number of hydrogen-bond donors (Lipinski definition) is 1. The molecule has 1 atom stereocenters. The van der Waals surface area contributed by atoms with Crippen molar-refractivity contribution < 1.29 is 9.90 Å². The highest BCUT2D eigenvalue weighted by Gasteiger charge is 2.20. The number of aliphatic carboxylic acids is 1. The SMILES string of the molecule is CCCC(CC(=O)O)n1nnnc1-c1cncc(C)c1. The van der Waals surface area contributed by atoms with E-state index in [1.807, 2.05) is 19.9 Å². The standard InChI is InChI=1S/C13H17N5O2/c1-3-4-11(6-12(19)20)18-13(15-16-17-18)10-5-9(2)7-14-8-10/h5,7-8,11H,3-4,6H2,1-2H3,(H,19,20). The van der Waals surface area contributed by atoms with Gasteiger partial charge in [0.05, 0.1) is 12.5 Å². The predicted molar refractivity (Wildman–Crippen MR) is 72.0 cm³/mol. The molecule has 1 unspecified atom stereocenters. The highest BCUT2D eigenvalue weighted by Crippen LogP contribution is 2.24. The number of aromatic nitrogens is 5. The smallest absolute Gasteiger partial charge is 0.305 e. The molecule has 20 heavy (non-hydrogen) atoms. The Morgan fingerprint density at radius 3 is 2.90 bits per heavy atom. The summed E-state index contributed by atoms with van der Waals surface area (Å²) in [6.45, 7) is 3.94. The Labute approximate surface area is 116 Å². The highest BCUT2D eigenvalue weighted by molar-refractivity contribution is 5.67. The van der Waals surface area contributed by atoms with Gasteiger partial charge in [-0.05, 0) is 35.4 Å². The number of nitrogens with zero attached hydrogens (tertiary/aromatic N) is 5. The maximum Gasteiger partial charge on any atom is 0.305 e. The van der Waals surface area contributed by atoms with Gasteiger partial charge in [0.1, 0.15) is 0 Å². The van der Waals surface area contributed by atoms with Crippen molar-refractivity contribution in [1.82, 2.24) is 25.2 Å². The molecule has 0 fully saturated rings. The fourth-order valence-electron chi connectivity index (χ4n) is 2.15. The van der Waals surface area contributed by atoms with Gasteiger partial charge in [-0.25, -0.2) is 4.68 Å². The normalized spacial score (nSPS) is 12.3. The Hall–Kier alpha value is -2.31. The summed E-state index contributed by atoms with van der Waals surface area (Å²) < 4.78 is 1.59. The van der Waals surface area contributed by atoms with Gasteiger partial charge < -0.3 is 5.11 Å². The summed E-state index contributed by atoms with van der Waals surface area (Å²) in [6, 6.07) is 1.68. The molecular weight excluding hydrogens is 258 g/mol. The van der Waals surface area contributed by atoms with Crippen molar-refractivity contribution in [3.8, 4) is 11.4 Å². The van der Waals surface area contributed by atoms with Crippen molar-refractivity contribution in [2.45, 2.75) is 39.2 Å². The lowest BCUT2D eigenvalue weighted by atomic mass is 10.1. The average Bonchev–Trinajstić information content (AvgIpc) is 2.86. The largest absolute Gasteiger partial charge is 0.481 e. The summed E-state index contributed by atoms with van der Waals surface area (Å²) in [5, 5.41) is 20.7. The number of pyridine rings is 1. The summed E-state index contributed by atoms with van der Waals surface area (Å²) in [5.74, 6) is -0.298. The van der Waals surface area contributed by atoms with Gasteiger partial charge >= 0.3 is 5.97 Å². The van der Waals surface area contributed by atoms with Crippen LogP contribution in [0.5, 0.6) is 0 Å². The highest BCUT2D eigenvalue weighted by atomic mass is 16.4. The Bertz CT molecular complexity index is 596. The number of carboxylic acids is 1. The van der Waals surface area contributed by atoms with Gasteiger partial charge in [-0.1, -0.05) is 13.3 Å². The first kappa shape index (κ1) is 14.1. The minimum Gasteiger partial charge on any atom is -0.481 e. The molecule has 2 aromatic rings. The van der Waals surface area contributed by atoms with E-state index in [1.165, 1.54) is 0 Å². The van der Waals surface area contributed by atoms with Crippen LogP contribution in [0.25, 0.3) is 11.4 Å². The van der Waals surface area contributed by atoms with Gasteiger partial charge in [-0.2, -0.15) is 0 Å². The Balaban J connectivity index is 2.37. The molecule has 106 valence electrons. The number of tetrazole rings is 1. The van der Waals surface area contributed by atoms with Gasteiger partial charge in [0.2, 0.25) is 0 Å². The van der Waals surface area contributed by atoms with Crippen molar-refractivity contribution in [3.05, 3.63) is 24.0 Å². The molecule has 1 N–H and O–H groups in total.